The van der Waals surface area contributed by atoms with Crippen LogP contribution in [-0.2, 0) is 0 Å². The standard InChI is InChI=1S/C23H17FN4O3/c1-28(2)23(29)19-10-20(30-3)16(12-27-19)21-9-18-22(31-21)15(6-7-26-18)13-4-5-17(24)14(8-13)11-25/h4-10,12H,1-3H3. The van der Waals surface area contributed by atoms with Crippen molar-refractivity contribution in [3.63, 3.8) is 0 Å². The zero-order valence-corrected chi connectivity index (χ0v) is 17.0. The van der Waals surface area contributed by atoms with Crippen LogP contribution in [0.2, 0.25) is 0 Å². The van der Waals surface area contributed by atoms with E-state index in [9.17, 15) is 9.18 Å². The molecule has 1 amide bonds. The van der Waals surface area contributed by atoms with Crippen molar-refractivity contribution in [3.05, 3.63) is 65.9 Å². The fraction of sp³-hybridized carbons (Fsp3) is 0.130. The fourth-order valence-electron chi connectivity index (χ4n) is 3.21. The Bertz CT molecular complexity index is 1350. The molecule has 0 saturated carbocycles. The number of furan rings is 1. The summed E-state index contributed by atoms with van der Waals surface area (Å²) in [7, 11) is 4.78. The first-order chi connectivity index (χ1) is 14.9. The van der Waals surface area contributed by atoms with Gasteiger partial charge in [-0.25, -0.2) is 4.39 Å². The first-order valence-electron chi connectivity index (χ1n) is 9.27. The van der Waals surface area contributed by atoms with Crippen LogP contribution in [0.25, 0.3) is 33.6 Å². The maximum Gasteiger partial charge on any atom is 0.272 e. The number of benzene rings is 1. The van der Waals surface area contributed by atoms with Gasteiger partial charge in [-0.1, -0.05) is 6.07 Å². The number of carbonyl (C=O) groups excluding carboxylic acids is 1. The summed E-state index contributed by atoms with van der Waals surface area (Å²) in [6.45, 7) is 0. The molecule has 4 rings (SSSR count). The highest BCUT2D eigenvalue weighted by Gasteiger charge is 2.19. The number of halogens is 1. The largest absolute Gasteiger partial charge is 0.496 e. The van der Waals surface area contributed by atoms with Crippen LogP contribution in [0.5, 0.6) is 5.75 Å². The van der Waals surface area contributed by atoms with E-state index in [1.807, 2.05) is 6.07 Å². The molecule has 4 aromatic rings. The Labute approximate surface area is 177 Å². The van der Waals surface area contributed by atoms with Crippen LogP contribution in [0.3, 0.4) is 0 Å². The van der Waals surface area contributed by atoms with Crippen molar-refractivity contribution in [1.82, 2.24) is 14.9 Å². The zero-order valence-electron chi connectivity index (χ0n) is 17.0. The summed E-state index contributed by atoms with van der Waals surface area (Å²) in [6, 6.07) is 11.2. The lowest BCUT2D eigenvalue weighted by Gasteiger charge is -2.11. The van der Waals surface area contributed by atoms with Crippen LogP contribution in [-0.4, -0.2) is 42.0 Å². The summed E-state index contributed by atoms with van der Waals surface area (Å²) < 4.78 is 25.3. The van der Waals surface area contributed by atoms with Crippen molar-refractivity contribution in [1.29, 1.82) is 5.26 Å². The number of pyridine rings is 2. The molecule has 31 heavy (non-hydrogen) atoms. The molecule has 1 aromatic carbocycles. The van der Waals surface area contributed by atoms with E-state index in [2.05, 4.69) is 9.97 Å². The second-order valence-electron chi connectivity index (χ2n) is 6.96. The molecule has 0 fully saturated rings. The van der Waals surface area contributed by atoms with E-state index in [4.69, 9.17) is 14.4 Å². The van der Waals surface area contributed by atoms with Gasteiger partial charge in [0.05, 0.1) is 18.2 Å². The predicted molar refractivity (Wildman–Crippen MR) is 112 cm³/mol. The number of nitrogens with zero attached hydrogens (tertiary/aromatic N) is 4. The SMILES string of the molecule is COc1cc(C(=O)N(C)C)ncc1-c1cc2nccc(-c3ccc(F)c(C#N)c3)c2o1. The normalized spacial score (nSPS) is 10.7. The van der Waals surface area contributed by atoms with Crippen LogP contribution >= 0.6 is 0 Å². The molecule has 0 aliphatic rings. The van der Waals surface area contributed by atoms with Crippen molar-refractivity contribution in [3.8, 4) is 34.3 Å². The summed E-state index contributed by atoms with van der Waals surface area (Å²) in [5.41, 5.74) is 3.09. The number of methoxy groups -OCH3 is 1. The maximum absolute atomic E-state index is 13.7. The van der Waals surface area contributed by atoms with E-state index >= 15 is 0 Å². The molecular formula is C23H17FN4O3. The van der Waals surface area contributed by atoms with E-state index in [0.29, 0.717) is 39.3 Å². The maximum atomic E-state index is 13.7. The van der Waals surface area contributed by atoms with Gasteiger partial charge in [0.1, 0.15) is 34.6 Å². The van der Waals surface area contributed by atoms with E-state index in [0.717, 1.165) is 0 Å². The van der Waals surface area contributed by atoms with Crippen molar-refractivity contribution < 1.29 is 18.3 Å². The van der Waals surface area contributed by atoms with Gasteiger partial charge in [0.15, 0.2) is 5.58 Å². The average Bonchev–Trinajstić information content (AvgIpc) is 3.22. The molecule has 0 bridgehead atoms. The minimum Gasteiger partial charge on any atom is -0.496 e. The summed E-state index contributed by atoms with van der Waals surface area (Å²) in [4.78, 5) is 22.2. The quantitative estimate of drug-likeness (QED) is 0.493. The summed E-state index contributed by atoms with van der Waals surface area (Å²) >= 11 is 0. The van der Waals surface area contributed by atoms with Crippen LogP contribution < -0.4 is 4.74 Å². The Morgan fingerprint density at radius 2 is 1.97 bits per heavy atom. The molecule has 0 spiro atoms. The molecule has 7 nitrogen and oxygen atoms in total. The second-order valence-corrected chi connectivity index (χ2v) is 6.96. The monoisotopic (exact) mass is 416 g/mol. The van der Waals surface area contributed by atoms with Gasteiger partial charge in [-0.3, -0.25) is 14.8 Å². The number of carbonyl (C=O) groups is 1. The van der Waals surface area contributed by atoms with Gasteiger partial charge >= 0.3 is 0 Å². The number of hydrogen-bond donors (Lipinski definition) is 0. The van der Waals surface area contributed by atoms with E-state index in [1.165, 1.54) is 30.3 Å². The number of hydrogen-bond acceptors (Lipinski definition) is 6. The van der Waals surface area contributed by atoms with Gasteiger partial charge in [-0.15, -0.1) is 0 Å². The highest BCUT2D eigenvalue weighted by molar-refractivity contribution is 5.95. The lowest BCUT2D eigenvalue weighted by molar-refractivity contribution is 0.0821. The Balaban J connectivity index is 1.84. The molecular weight excluding hydrogens is 399 g/mol. The molecule has 0 radical (unpaired) electrons. The first-order valence-corrected chi connectivity index (χ1v) is 9.27. The Hall–Kier alpha value is -4.25. The second kappa shape index (κ2) is 7.88. The third-order valence-corrected chi connectivity index (χ3v) is 4.79. The zero-order chi connectivity index (χ0) is 22.1. The van der Waals surface area contributed by atoms with Gasteiger partial charge in [0, 0.05) is 44.2 Å². The molecule has 3 heterocycles. The highest BCUT2D eigenvalue weighted by atomic mass is 19.1. The van der Waals surface area contributed by atoms with Gasteiger partial charge in [-0.2, -0.15) is 5.26 Å². The Morgan fingerprint density at radius 1 is 1.16 bits per heavy atom. The third-order valence-electron chi connectivity index (χ3n) is 4.79. The number of amides is 1. The summed E-state index contributed by atoms with van der Waals surface area (Å²) in [6.07, 6.45) is 3.12. The molecule has 0 aliphatic heterocycles. The molecule has 0 N–H and O–H groups in total. The highest BCUT2D eigenvalue weighted by Crippen LogP contribution is 2.37. The van der Waals surface area contributed by atoms with Crippen LogP contribution in [0, 0.1) is 17.1 Å². The molecule has 154 valence electrons. The predicted octanol–water partition coefficient (Wildman–Crippen LogP) is 4.28. The van der Waals surface area contributed by atoms with Crippen molar-refractivity contribution >= 4 is 17.0 Å². The average molecular weight is 416 g/mol. The van der Waals surface area contributed by atoms with Gasteiger partial charge in [0.25, 0.3) is 5.91 Å². The Kier molecular flexibility index (Phi) is 5.09. The molecule has 0 atom stereocenters. The summed E-state index contributed by atoms with van der Waals surface area (Å²) in [5.74, 6) is 0.0444. The lowest BCUT2D eigenvalue weighted by atomic mass is 10.0. The minimum absolute atomic E-state index is 0.0544. The van der Waals surface area contributed by atoms with Gasteiger partial charge in [-0.05, 0) is 23.8 Å². The molecule has 0 unspecified atom stereocenters. The topological polar surface area (TPSA) is 92.2 Å². The van der Waals surface area contributed by atoms with Crippen molar-refractivity contribution in [2.24, 2.45) is 0 Å². The number of aromatic nitrogens is 2. The number of ether oxygens (including phenoxy) is 1. The first kappa shape index (κ1) is 20.0. The van der Waals surface area contributed by atoms with Gasteiger partial charge < -0.3 is 14.1 Å². The Morgan fingerprint density at radius 3 is 2.68 bits per heavy atom. The number of nitriles is 1. The molecule has 3 aromatic heterocycles. The number of rotatable bonds is 4. The molecule has 0 saturated heterocycles. The van der Waals surface area contributed by atoms with E-state index < -0.39 is 5.82 Å². The lowest BCUT2D eigenvalue weighted by Crippen LogP contribution is -2.22. The smallest absolute Gasteiger partial charge is 0.272 e. The summed E-state index contributed by atoms with van der Waals surface area (Å²) in [5, 5.41) is 9.14. The van der Waals surface area contributed by atoms with Gasteiger partial charge in [0.2, 0.25) is 0 Å². The van der Waals surface area contributed by atoms with E-state index in [1.54, 1.807) is 44.6 Å². The number of fused-ring (bicyclic) bond motifs is 1. The van der Waals surface area contributed by atoms with Crippen LogP contribution in [0.15, 0.2) is 53.2 Å². The fourth-order valence-corrected chi connectivity index (χ4v) is 3.21. The molecule has 8 heteroatoms. The van der Waals surface area contributed by atoms with Crippen molar-refractivity contribution in [2.45, 2.75) is 0 Å². The minimum atomic E-state index is -0.583. The van der Waals surface area contributed by atoms with Crippen LogP contribution in [0.4, 0.5) is 4.39 Å². The molecule has 0 aliphatic carbocycles. The third kappa shape index (κ3) is 3.57. The van der Waals surface area contributed by atoms with Crippen molar-refractivity contribution in [2.75, 3.05) is 21.2 Å². The van der Waals surface area contributed by atoms with Crippen LogP contribution in [0.1, 0.15) is 16.1 Å². The van der Waals surface area contributed by atoms with E-state index in [-0.39, 0.29) is 17.2 Å².